The average molecular weight is 545 g/mol. The molecule has 0 unspecified atom stereocenters. The Morgan fingerprint density at radius 2 is 1.95 bits per heavy atom. The van der Waals surface area contributed by atoms with Crippen LogP contribution in [-0.2, 0) is 4.79 Å². The van der Waals surface area contributed by atoms with Gasteiger partial charge in [-0.3, -0.25) is 9.79 Å². The number of nitrogens with one attached hydrogen (secondary N) is 2. The Bertz CT molecular complexity index is 1430. The van der Waals surface area contributed by atoms with Crippen molar-refractivity contribution in [3.63, 3.8) is 0 Å². The molecule has 0 spiro atoms. The third kappa shape index (κ3) is 6.32. The number of imidazole rings is 1. The summed E-state index contributed by atoms with van der Waals surface area (Å²) in [5, 5.41) is 8.59. The van der Waals surface area contributed by atoms with Gasteiger partial charge in [0.05, 0.1) is 24.6 Å². The van der Waals surface area contributed by atoms with Crippen molar-refractivity contribution >= 4 is 35.1 Å². The number of aliphatic imine (C=N–C) groups is 1. The summed E-state index contributed by atoms with van der Waals surface area (Å²) < 4.78 is 38.6. The first kappa shape index (κ1) is 27.5. The maximum absolute atomic E-state index is 12.3. The molecule has 3 amide bonds. The Morgan fingerprint density at radius 1 is 1.18 bits per heavy atom. The fraction of sp³-hybridized carbons (Fsp3) is 0.292. The number of amides is 3. The highest BCUT2D eigenvalue weighted by Crippen LogP contribution is 2.26. The van der Waals surface area contributed by atoms with Crippen LogP contribution in [0.5, 0.6) is 0 Å². The van der Waals surface area contributed by atoms with Crippen LogP contribution in [0.3, 0.4) is 0 Å². The molecule has 0 atom stereocenters. The number of aromatic nitrogens is 3. The number of hydrogen-bond acceptors (Lipinski definition) is 8. The number of hydrogen-bond donors (Lipinski definition) is 5. The number of anilines is 1. The van der Waals surface area contributed by atoms with Crippen LogP contribution in [0.25, 0.3) is 22.5 Å². The number of fused-ring (bicyclic) bond motifs is 1. The Kier molecular flexibility index (Phi) is 7.83. The number of alkyl halides is 3. The van der Waals surface area contributed by atoms with Crippen molar-refractivity contribution < 1.29 is 22.8 Å². The predicted molar refractivity (Wildman–Crippen MR) is 140 cm³/mol. The first-order chi connectivity index (χ1) is 18.6. The highest BCUT2D eigenvalue weighted by atomic mass is 19.4. The van der Waals surface area contributed by atoms with Gasteiger partial charge in [-0.05, 0) is 18.2 Å². The van der Waals surface area contributed by atoms with E-state index in [2.05, 4.69) is 20.4 Å². The van der Waals surface area contributed by atoms with Gasteiger partial charge in [0.25, 0.3) is 0 Å². The monoisotopic (exact) mass is 544 g/mol. The number of likely N-dealkylation sites (tertiary alicyclic amines) is 1. The van der Waals surface area contributed by atoms with Crippen LogP contribution in [0.1, 0.15) is 5.56 Å². The highest BCUT2D eigenvalue weighted by Gasteiger charge is 2.43. The SMILES string of the molecule is NC=C(C=NC1(CN)CN(C(=O)CN)C1)c1cnn2c(-c3cccc(NC(=O)NCC(F)(F)F)c3)cnc2c1. The van der Waals surface area contributed by atoms with Gasteiger partial charge in [0, 0.05) is 54.4 Å². The van der Waals surface area contributed by atoms with E-state index in [0.29, 0.717) is 46.8 Å². The third-order valence-corrected chi connectivity index (χ3v) is 6.09. The van der Waals surface area contributed by atoms with Gasteiger partial charge >= 0.3 is 12.2 Å². The van der Waals surface area contributed by atoms with Crippen LogP contribution in [-0.4, -0.2) is 82.1 Å². The summed E-state index contributed by atoms with van der Waals surface area (Å²) in [7, 11) is 0. The normalized spacial score (nSPS) is 15.4. The zero-order valence-corrected chi connectivity index (χ0v) is 20.7. The average Bonchev–Trinajstić information content (AvgIpc) is 3.32. The van der Waals surface area contributed by atoms with Gasteiger partial charge in [0.1, 0.15) is 12.1 Å². The van der Waals surface area contributed by atoms with Gasteiger partial charge in [-0.1, -0.05) is 12.1 Å². The predicted octanol–water partition coefficient (Wildman–Crippen LogP) is 0.949. The second-order valence-corrected chi connectivity index (χ2v) is 8.92. The Balaban J connectivity index is 1.50. The van der Waals surface area contributed by atoms with E-state index < -0.39 is 24.3 Å². The molecular formula is C24H27F3N10O2. The van der Waals surface area contributed by atoms with Crippen molar-refractivity contribution in [2.45, 2.75) is 11.7 Å². The van der Waals surface area contributed by atoms with Crippen molar-refractivity contribution in [2.75, 3.05) is 38.0 Å². The van der Waals surface area contributed by atoms with E-state index in [1.54, 1.807) is 63.7 Å². The summed E-state index contributed by atoms with van der Waals surface area (Å²) in [6.07, 6.45) is 1.62. The molecule has 15 heteroatoms. The van der Waals surface area contributed by atoms with Crippen molar-refractivity contribution in [3.8, 4) is 11.3 Å². The number of nitrogens with zero attached hydrogens (tertiary/aromatic N) is 5. The number of nitrogens with two attached hydrogens (primary N) is 3. The minimum absolute atomic E-state index is 0.0750. The Labute approximate surface area is 220 Å². The van der Waals surface area contributed by atoms with E-state index in [9.17, 15) is 22.8 Å². The van der Waals surface area contributed by atoms with Gasteiger partial charge in [-0.15, -0.1) is 0 Å². The maximum Gasteiger partial charge on any atom is 0.405 e. The molecule has 1 fully saturated rings. The maximum atomic E-state index is 12.3. The molecule has 1 saturated heterocycles. The lowest BCUT2D eigenvalue weighted by atomic mass is 9.90. The molecule has 3 aromatic rings. The first-order valence-electron chi connectivity index (χ1n) is 11.8. The van der Waals surface area contributed by atoms with Crippen molar-refractivity contribution in [1.82, 2.24) is 24.8 Å². The highest BCUT2D eigenvalue weighted by molar-refractivity contribution is 6.10. The molecule has 12 nitrogen and oxygen atoms in total. The van der Waals surface area contributed by atoms with E-state index in [-0.39, 0.29) is 19.0 Å². The molecule has 4 rings (SSSR count). The number of halogens is 3. The van der Waals surface area contributed by atoms with Crippen LogP contribution in [0, 0.1) is 0 Å². The molecule has 1 aliphatic rings. The summed E-state index contributed by atoms with van der Waals surface area (Å²) in [6, 6.07) is 7.31. The van der Waals surface area contributed by atoms with Crippen LogP contribution < -0.4 is 27.8 Å². The van der Waals surface area contributed by atoms with Gasteiger partial charge in [0.2, 0.25) is 5.91 Å². The number of allylic oxidation sites excluding steroid dienone is 1. The summed E-state index contributed by atoms with van der Waals surface area (Å²) in [4.78, 5) is 34.2. The van der Waals surface area contributed by atoms with Crippen LogP contribution in [0.2, 0.25) is 0 Å². The van der Waals surface area contributed by atoms with Crippen LogP contribution >= 0.6 is 0 Å². The lowest BCUT2D eigenvalue weighted by Crippen LogP contribution is -2.66. The van der Waals surface area contributed by atoms with Crippen molar-refractivity contribution in [1.29, 1.82) is 0 Å². The molecule has 3 heterocycles. The summed E-state index contributed by atoms with van der Waals surface area (Å²) in [5.74, 6) is -0.167. The topological polar surface area (TPSA) is 182 Å². The van der Waals surface area contributed by atoms with E-state index in [0.717, 1.165) is 0 Å². The van der Waals surface area contributed by atoms with Gasteiger partial charge in [0.15, 0.2) is 5.65 Å². The molecule has 2 aromatic heterocycles. The second kappa shape index (κ2) is 11.1. The molecule has 0 saturated carbocycles. The third-order valence-electron chi connectivity index (χ3n) is 6.09. The Hall–Kier alpha value is -4.50. The summed E-state index contributed by atoms with van der Waals surface area (Å²) in [6.45, 7) is -0.538. The van der Waals surface area contributed by atoms with E-state index in [4.69, 9.17) is 17.2 Å². The molecule has 1 aromatic carbocycles. The minimum Gasteiger partial charge on any atom is -0.404 e. The molecule has 0 radical (unpaired) electrons. The standard InChI is InChI=1S/C24H27F3N10O2/c25-24(26,27)12-32-22(39)35-18-3-1-2-15(4-18)19-10-31-20-5-16(9-34-37(19)20)17(6-28)8-33-23(11-30)13-36(14-23)21(38)7-29/h1-6,8-10H,7,11-14,28-30H2,(H2,32,35,39). The largest absolute Gasteiger partial charge is 0.405 e. The molecule has 0 aliphatic carbocycles. The molecule has 39 heavy (non-hydrogen) atoms. The van der Waals surface area contributed by atoms with Crippen LogP contribution in [0.4, 0.5) is 23.7 Å². The number of benzene rings is 1. The van der Waals surface area contributed by atoms with Gasteiger partial charge < -0.3 is 32.7 Å². The fourth-order valence-electron chi connectivity index (χ4n) is 4.00. The molecule has 1 aliphatic heterocycles. The number of carbonyl (C=O) groups excluding carboxylic acids is 2. The van der Waals surface area contributed by atoms with Crippen molar-refractivity contribution in [2.24, 2.45) is 22.2 Å². The first-order valence-corrected chi connectivity index (χ1v) is 11.8. The second-order valence-electron chi connectivity index (χ2n) is 8.92. The smallest absolute Gasteiger partial charge is 0.404 e. The molecule has 206 valence electrons. The Morgan fingerprint density at radius 3 is 2.62 bits per heavy atom. The molecule has 8 N–H and O–H groups in total. The molecular weight excluding hydrogens is 517 g/mol. The number of carbonyl (C=O) groups is 2. The summed E-state index contributed by atoms with van der Waals surface area (Å²) >= 11 is 0. The zero-order chi connectivity index (χ0) is 28.2. The lowest BCUT2D eigenvalue weighted by molar-refractivity contribution is -0.136. The van der Waals surface area contributed by atoms with E-state index >= 15 is 0 Å². The number of urea groups is 1. The summed E-state index contributed by atoms with van der Waals surface area (Å²) in [5.41, 5.74) is 19.8. The molecule has 0 bridgehead atoms. The van der Waals surface area contributed by atoms with Gasteiger partial charge in [-0.25, -0.2) is 14.3 Å². The van der Waals surface area contributed by atoms with Crippen molar-refractivity contribution in [3.05, 3.63) is 54.5 Å². The number of rotatable bonds is 8. The quantitative estimate of drug-likeness (QED) is 0.262. The fourth-order valence-corrected chi connectivity index (χ4v) is 4.00. The van der Waals surface area contributed by atoms with Gasteiger partial charge in [-0.2, -0.15) is 18.3 Å². The van der Waals surface area contributed by atoms with Crippen LogP contribution in [0.15, 0.2) is 53.9 Å². The van der Waals surface area contributed by atoms with E-state index in [1.165, 1.54) is 6.20 Å². The minimum atomic E-state index is -4.51. The zero-order valence-electron chi connectivity index (χ0n) is 20.7. The van der Waals surface area contributed by atoms with E-state index in [1.807, 2.05) is 0 Å². The lowest BCUT2D eigenvalue weighted by Gasteiger charge is -2.46.